The molecule has 5 aromatic rings. The summed E-state index contributed by atoms with van der Waals surface area (Å²) in [5.41, 5.74) is 4.72. The molecule has 0 atom stereocenters. The molecule has 0 radical (unpaired) electrons. The summed E-state index contributed by atoms with van der Waals surface area (Å²) in [6.07, 6.45) is 2.82. The van der Waals surface area contributed by atoms with Crippen molar-refractivity contribution in [3.05, 3.63) is 83.9 Å². The lowest BCUT2D eigenvalue weighted by Gasteiger charge is -2.24. The maximum Gasteiger partial charge on any atom is 0.257 e. The molecule has 6 rings (SSSR count). The lowest BCUT2D eigenvalue weighted by Crippen LogP contribution is -2.30. The first-order valence-corrected chi connectivity index (χ1v) is 11.3. The molecule has 180 valence electrons. The average molecular weight is 486 g/mol. The van der Waals surface area contributed by atoms with Crippen LogP contribution in [0.3, 0.4) is 0 Å². The van der Waals surface area contributed by atoms with Crippen LogP contribution >= 0.6 is 0 Å². The van der Waals surface area contributed by atoms with Crippen molar-refractivity contribution in [1.29, 1.82) is 0 Å². The number of halogens is 2. The molecule has 0 spiro atoms. The molecule has 0 unspecified atom stereocenters. The van der Waals surface area contributed by atoms with Gasteiger partial charge in [0.2, 0.25) is 5.95 Å². The van der Waals surface area contributed by atoms with Crippen LogP contribution in [-0.4, -0.2) is 53.8 Å². The number of hydrogen-bond donors (Lipinski definition) is 1. The van der Waals surface area contributed by atoms with Gasteiger partial charge < -0.3 is 5.32 Å². The fraction of sp³-hybridized carbons (Fsp3) is 0.160. The van der Waals surface area contributed by atoms with E-state index in [0.29, 0.717) is 17.9 Å². The zero-order valence-corrected chi connectivity index (χ0v) is 19.2. The second kappa shape index (κ2) is 8.61. The van der Waals surface area contributed by atoms with Crippen molar-refractivity contribution in [2.75, 3.05) is 18.9 Å². The van der Waals surface area contributed by atoms with E-state index in [1.54, 1.807) is 28.9 Å². The highest BCUT2D eigenvalue weighted by atomic mass is 19.1. The van der Waals surface area contributed by atoms with E-state index in [1.807, 2.05) is 17.8 Å². The number of anilines is 1. The van der Waals surface area contributed by atoms with Gasteiger partial charge in [-0.1, -0.05) is 0 Å². The monoisotopic (exact) mass is 486 g/mol. The van der Waals surface area contributed by atoms with Crippen LogP contribution in [0.2, 0.25) is 0 Å². The fourth-order valence-electron chi connectivity index (χ4n) is 4.33. The van der Waals surface area contributed by atoms with Crippen LogP contribution in [0.15, 0.2) is 60.9 Å². The normalized spacial score (nSPS) is 13.6. The number of likely N-dealkylation sites (N-methyl/N-ethyl adjacent to an activating group) is 1. The maximum absolute atomic E-state index is 13.6. The van der Waals surface area contributed by atoms with Gasteiger partial charge in [0.15, 0.2) is 11.5 Å². The van der Waals surface area contributed by atoms with E-state index in [1.165, 1.54) is 24.4 Å². The molecule has 1 aliphatic heterocycles. The number of pyridine rings is 1. The highest BCUT2D eigenvalue weighted by Gasteiger charge is 2.26. The van der Waals surface area contributed by atoms with E-state index in [9.17, 15) is 13.6 Å². The first kappa shape index (κ1) is 22.0. The van der Waals surface area contributed by atoms with Crippen LogP contribution < -0.4 is 5.32 Å². The minimum Gasteiger partial charge on any atom is -0.305 e. The van der Waals surface area contributed by atoms with Gasteiger partial charge in [-0.05, 0) is 49.5 Å². The number of fused-ring (bicyclic) bond motifs is 2. The summed E-state index contributed by atoms with van der Waals surface area (Å²) >= 11 is 0. The summed E-state index contributed by atoms with van der Waals surface area (Å²) in [6.45, 7) is 2.30. The number of aromatic nitrogens is 6. The van der Waals surface area contributed by atoms with E-state index in [-0.39, 0.29) is 17.2 Å². The number of nitrogens with one attached hydrogen (secondary N) is 1. The van der Waals surface area contributed by atoms with Gasteiger partial charge in [0.25, 0.3) is 5.91 Å². The first-order chi connectivity index (χ1) is 17.4. The van der Waals surface area contributed by atoms with Crippen molar-refractivity contribution in [2.24, 2.45) is 0 Å². The first-order valence-electron chi connectivity index (χ1n) is 11.3. The van der Waals surface area contributed by atoms with Crippen LogP contribution in [0.1, 0.15) is 16.1 Å². The predicted molar refractivity (Wildman–Crippen MR) is 128 cm³/mol. The van der Waals surface area contributed by atoms with Crippen molar-refractivity contribution in [1.82, 2.24) is 34.3 Å². The summed E-state index contributed by atoms with van der Waals surface area (Å²) in [5, 5.41) is 12.3. The zero-order valence-electron chi connectivity index (χ0n) is 19.2. The topological polar surface area (TPSA) is 93.2 Å². The molecule has 5 heterocycles. The molecule has 9 nitrogen and oxygen atoms in total. The number of carbonyl (C=O) groups excluding carboxylic acids is 1. The molecular weight excluding hydrogens is 466 g/mol. The van der Waals surface area contributed by atoms with E-state index >= 15 is 0 Å². The van der Waals surface area contributed by atoms with Gasteiger partial charge in [0.05, 0.1) is 29.7 Å². The molecule has 11 heteroatoms. The number of amides is 1. The Balaban J connectivity index is 1.40. The second-order valence-electron chi connectivity index (χ2n) is 8.61. The number of rotatable bonds is 4. The van der Waals surface area contributed by atoms with Crippen molar-refractivity contribution in [3.63, 3.8) is 0 Å². The summed E-state index contributed by atoms with van der Waals surface area (Å²) in [7, 11) is 2.05. The fourth-order valence-corrected chi connectivity index (χ4v) is 4.33. The summed E-state index contributed by atoms with van der Waals surface area (Å²) in [4.78, 5) is 22.6. The second-order valence-corrected chi connectivity index (χ2v) is 8.61. The molecule has 4 aromatic heterocycles. The molecule has 0 aliphatic carbocycles. The van der Waals surface area contributed by atoms with Gasteiger partial charge in [-0.3, -0.25) is 14.4 Å². The van der Waals surface area contributed by atoms with Crippen LogP contribution in [0, 0.1) is 11.8 Å². The van der Waals surface area contributed by atoms with Gasteiger partial charge in [0.1, 0.15) is 11.5 Å². The van der Waals surface area contributed by atoms with Crippen LogP contribution in [0.5, 0.6) is 0 Å². The van der Waals surface area contributed by atoms with Crippen molar-refractivity contribution in [3.8, 4) is 22.5 Å². The Hall–Kier alpha value is -4.51. The molecule has 1 aliphatic rings. The van der Waals surface area contributed by atoms with Gasteiger partial charge >= 0.3 is 0 Å². The van der Waals surface area contributed by atoms with Gasteiger partial charge in [-0.2, -0.15) is 14.6 Å². The summed E-state index contributed by atoms with van der Waals surface area (Å²) < 4.78 is 30.5. The van der Waals surface area contributed by atoms with Gasteiger partial charge in [-0.25, -0.2) is 18.9 Å². The molecule has 0 saturated carbocycles. The van der Waals surface area contributed by atoms with E-state index < -0.39 is 11.9 Å². The largest absolute Gasteiger partial charge is 0.305 e. The minimum atomic E-state index is -0.740. The molecule has 1 amide bonds. The Kier molecular flexibility index (Phi) is 5.26. The Morgan fingerprint density at radius 3 is 2.67 bits per heavy atom. The average Bonchev–Trinajstić information content (AvgIpc) is 3.44. The van der Waals surface area contributed by atoms with Gasteiger partial charge in [-0.15, -0.1) is 0 Å². The highest BCUT2D eigenvalue weighted by molar-refractivity contribution is 6.03. The molecule has 1 N–H and O–H groups in total. The van der Waals surface area contributed by atoms with E-state index in [4.69, 9.17) is 10.2 Å². The molecule has 0 fully saturated rings. The van der Waals surface area contributed by atoms with Crippen molar-refractivity contribution < 1.29 is 13.6 Å². The smallest absolute Gasteiger partial charge is 0.257 e. The third kappa shape index (κ3) is 3.99. The number of nitrogens with zero attached hydrogens (tertiary/aromatic N) is 7. The Bertz CT molecular complexity index is 1610. The van der Waals surface area contributed by atoms with Crippen molar-refractivity contribution in [2.45, 2.75) is 13.1 Å². The SMILES string of the molecule is CN1CCn2nc(-c3ccc(F)cc3)c(-c3ccc4nc(NC(=O)c5ccnc(F)c5)cn4n3)c2C1. The minimum absolute atomic E-state index is 0.132. The summed E-state index contributed by atoms with van der Waals surface area (Å²) in [6, 6.07) is 12.4. The van der Waals surface area contributed by atoms with Crippen molar-refractivity contribution >= 4 is 17.4 Å². The molecule has 0 bridgehead atoms. The Labute approximate surface area is 204 Å². The third-order valence-corrected chi connectivity index (χ3v) is 6.10. The van der Waals surface area contributed by atoms with Crippen LogP contribution in [-0.2, 0) is 13.1 Å². The Morgan fingerprint density at radius 2 is 1.86 bits per heavy atom. The lowest BCUT2D eigenvalue weighted by molar-refractivity contribution is 0.102. The molecule has 36 heavy (non-hydrogen) atoms. The number of benzene rings is 1. The maximum atomic E-state index is 13.6. The number of imidazole rings is 1. The van der Waals surface area contributed by atoms with Gasteiger partial charge in [0, 0.05) is 36.5 Å². The predicted octanol–water partition coefficient (Wildman–Crippen LogP) is 3.63. The van der Waals surface area contributed by atoms with Crippen LogP contribution in [0.4, 0.5) is 14.6 Å². The molecule has 0 saturated heterocycles. The standard InChI is InChI=1S/C25H20F2N8O/c1-33-10-11-34-19(13-33)23(24(32-34)15-2-4-17(26)5-3-15)18-6-7-22-29-21(14-35(22)31-18)30-25(36)16-8-9-28-20(27)12-16/h2-9,12,14H,10-11,13H2,1H3,(H,30,36). The van der Waals surface area contributed by atoms with E-state index in [0.717, 1.165) is 41.7 Å². The van der Waals surface area contributed by atoms with Crippen LogP contribution in [0.25, 0.3) is 28.2 Å². The summed E-state index contributed by atoms with van der Waals surface area (Å²) in [5.74, 6) is -1.29. The number of carbonyl (C=O) groups is 1. The molecule has 1 aromatic carbocycles. The Morgan fingerprint density at radius 1 is 1.03 bits per heavy atom. The number of hydrogen-bond acceptors (Lipinski definition) is 6. The molecular formula is C25H20F2N8O. The quantitative estimate of drug-likeness (QED) is 0.390. The van der Waals surface area contributed by atoms with E-state index in [2.05, 4.69) is 20.2 Å². The third-order valence-electron chi connectivity index (χ3n) is 6.10. The highest BCUT2D eigenvalue weighted by Crippen LogP contribution is 2.35. The zero-order chi connectivity index (χ0) is 24.8. The lowest BCUT2D eigenvalue weighted by atomic mass is 10.0.